The van der Waals surface area contributed by atoms with E-state index in [2.05, 4.69) is 15.0 Å². The highest BCUT2D eigenvalue weighted by Crippen LogP contribution is 2.31. The number of benzene rings is 1. The Morgan fingerprint density at radius 3 is 2.79 bits per heavy atom. The van der Waals surface area contributed by atoms with Gasteiger partial charge in [0, 0.05) is 10.6 Å². The van der Waals surface area contributed by atoms with E-state index in [9.17, 15) is 4.79 Å². The third-order valence-corrected chi connectivity index (χ3v) is 4.15. The first-order valence-corrected chi connectivity index (χ1v) is 6.95. The summed E-state index contributed by atoms with van der Waals surface area (Å²) >= 11 is 12.9. The second-order valence-electron chi connectivity index (χ2n) is 3.99. The van der Waals surface area contributed by atoms with Crippen LogP contribution in [0.3, 0.4) is 0 Å². The van der Waals surface area contributed by atoms with Crippen molar-refractivity contribution >= 4 is 44.9 Å². The Kier molecular flexibility index (Phi) is 3.05. The first kappa shape index (κ1) is 12.6. The zero-order chi connectivity index (χ0) is 13.6. The van der Waals surface area contributed by atoms with E-state index in [1.807, 2.05) is 19.1 Å². The Balaban J connectivity index is 2.26. The van der Waals surface area contributed by atoms with Gasteiger partial charge in [-0.1, -0.05) is 17.7 Å². The highest BCUT2D eigenvalue weighted by molar-refractivity contribution is 7.21. The number of thiazole rings is 1. The maximum atomic E-state index is 11.8. The van der Waals surface area contributed by atoms with Crippen LogP contribution in [-0.4, -0.2) is 15.0 Å². The first-order chi connectivity index (χ1) is 9.04. The Morgan fingerprint density at radius 2 is 2.05 bits per heavy atom. The molecule has 0 radical (unpaired) electrons. The van der Waals surface area contributed by atoms with E-state index in [-0.39, 0.29) is 10.8 Å². The molecule has 96 valence electrons. The summed E-state index contributed by atoms with van der Waals surface area (Å²) in [7, 11) is 0. The van der Waals surface area contributed by atoms with Gasteiger partial charge in [0.15, 0.2) is 5.65 Å². The highest BCUT2D eigenvalue weighted by Gasteiger charge is 2.13. The van der Waals surface area contributed by atoms with Crippen LogP contribution in [0.15, 0.2) is 23.0 Å². The van der Waals surface area contributed by atoms with Gasteiger partial charge in [0.1, 0.15) is 9.71 Å². The molecule has 0 aliphatic rings. The van der Waals surface area contributed by atoms with Crippen molar-refractivity contribution in [1.82, 2.24) is 15.0 Å². The smallest absolute Gasteiger partial charge is 0.271 e. The summed E-state index contributed by atoms with van der Waals surface area (Å²) in [4.78, 5) is 22.6. The van der Waals surface area contributed by atoms with Crippen molar-refractivity contribution in [1.29, 1.82) is 0 Å². The van der Waals surface area contributed by atoms with Crippen LogP contribution in [0.4, 0.5) is 0 Å². The van der Waals surface area contributed by atoms with Gasteiger partial charge in [0.25, 0.3) is 5.56 Å². The zero-order valence-corrected chi connectivity index (χ0v) is 12.0. The number of H-pyrrole nitrogens is 1. The molecule has 1 aromatic carbocycles. The Labute approximate surface area is 122 Å². The molecule has 0 amide bonds. The molecule has 2 heterocycles. The summed E-state index contributed by atoms with van der Waals surface area (Å²) in [6, 6.07) is 5.53. The number of halogens is 2. The monoisotopic (exact) mass is 311 g/mol. The van der Waals surface area contributed by atoms with Gasteiger partial charge in [0.05, 0.1) is 0 Å². The summed E-state index contributed by atoms with van der Waals surface area (Å²) in [6.07, 6.45) is 0. The lowest BCUT2D eigenvalue weighted by atomic mass is 10.1. The molecular formula is C12H7Cl2N3OS. The van der Waals surface area contributed by atoms with Gasteiger partial charge < -0.3 is 0 Å². The summed E-state index contributed by atoms with van der Waals surface area (Å²) in [6.45, 7) is 1.94. The quantitative estimate of drug-likeness (QED) is 0.698. The molecule has 0 spiro atoms. The standard InChI is InChI=1S/C12H7Cl2N3OS/c1-5-4-6(13)2-3-7(5)11-15-9-8(19-11)10(18)17-12(14)16-9/h2-4H,1H3,(H,16,17,18). The predicted molar refractivity (Wildman–Crippen MR) is 78.2 cm³/mol. The van der Waals surface area contributed by atoms with E-state index in [0.717, 1.165) is 16.1 Å². The van der Waals surface area contributed by atoms with E-state index in [1.54, 1.807) is 6.07 Å². The van der Waals surface area contributed by atoms with Crippen LogP contribution in [0.1, 0.15) is 5.56 Å². The molecule has 0 atom stereocenters. The van der Waals surface area contributed by atoms with Crippen LogP contribution < -0.4 is 5.56 Å². The molecular weight excluding hydrogens is 305 g/mol. The third-order valence-electron chi connectivity index (χ3n) is 2.66. The van der Waals surface area contributed by atoms with Crippen LogP contribution in [0.5, 0.6) is 0 Å². The normalized spacial score (nSPS) is 11.1. The van der Waals surface area contributed by atoms with Crippen molar-refractivity contribution < 1.29 is 0 Å². The molecule has 3 rings (SSSR count). The fraction of sp³-hybridized carbons (Fsp3) is 0.0833. The number of nitrogens with one attached hydrogen (secondary N) is 1. The summed E-state index contributed by atoms with van der Waals surface area (Å²) in [5.41, 5.74) is 2.02. The molecule has 4 nitrogen and oxygen atoms in total. The number of hydrogen-bond acceptors (Lipinski definition) is 4. The third kappa shape index (κ3) is 2.25. The van der Waals surface area contributed by atoms with Crippen LogP contribution in [0, 0.1) is 6.92 Å². The number of nitrogens with zero attached hydrogens (tertiary/aromatic N) is 2. The molecule has 0 aliphatic carbocycles. The van der Waals surface area contributed by atoms with Crippen LogP contribution in [-0.2, 0) is 0 Å². The van der Waals surface area contributed by atoms with Gasteiger partial charge in [-0.05, 0) is 36.2 Å². The van der Waals surface area contributed by atoms with Crippen molar-refractivity contribution in [2.24, 2.45) is 0 Å². The van der Waals surface area contributed by atoms with Gasteiger partial charge in [-0.2, -0.15) is 4.98 Å². The molecule has 2 aromatic heterocycles. The number of aromatic amines is 1. The lowest BCUT2D eigenvalue weighted by Gasteiger charge is -2.01. The minimum Gasteiger partial charge on any atom is -0.296 e. The van der Waals surface area contributed by atoms with E-state index < -0.39 is 0 Å². The van der Waals surface area contributed by atoms with Gasteiger partial charge in [0.2, 0.25) is 5.28 Å². The van der Waals surface area contributed by atoms with Gasteiger partial charge in [-0.3, -0.25) is 9.78 Å². The fourth-order valence-corrected chi connectivity index (χ4v) is 3.17. The number of aromatic nitrogens is 3. The molecule has 0 unspecified atom stereocenters. The average Bonchev–Trinajstić information content (AvgIpc) is 2.72. The molecule has 0 bridgehead atoms. The Bertz CT molecular complexity index is 841. The SMILES string of the molecule is Cc1cc(Cl)ccc1-c1nc2nc(Cl)[nH]c(=O)c2s1. The minimum atomic E-state index is -0.273. The van der Waals surface area contributed by atoms with Crippen LogP contribution in [0.25, 0.3) is 20.9 Å². The maximum Gasteiger partial charge on any atom is 0.271 e. The lowest BCUT2D eigenvalue weighted by Crippen LogP contribution is -2.05. The largest absolute Gasteiger partial charge is 0.296 e. The van der Waals surface area contributed by atoms with E-state index >= 15 is 0 Å². The first-order valence-electron chi connectivity index (χ1n) is 5.37. The van der Waals surface area contributed by atoms with Crippen molar-refractivity contribution in [3.63, 3.8) is 0 Å². The number of aryl methyl sites for hydroxylation is 1. The number of rotatable bonds is 1. The Morgan fingerprint density at radius 1 is 1.26 bits per heavy atom. The molecule has 0 saturated carbocycles. The topological polar surface area (TPSA) is 58.6 Å². The van der Waals surface area contributed by atoms with Gasteiger partial charge in [-0.15, -0.1) is 11.3 Å². The summed E-state index contributed by atoms with van der Waals surface area (Å²) in [5, 5.41) is 1.44. The Hall–Kier alpha value is -1.43. The van der Waals surface area contributed by atoms with E-state index in [4.69, 9.17) is 23.2 Å². The zero-order valence-electron chi connectivity index (χ0n) is 9.70. The molecule has 7 heteroatoms. The van der Waals surface area contributed by atoms with Gasteiger partial charge in [-0.25, -0.2) is 4.98 Å². The summed E-state index contributed by atoms with van der Waals surface area (Å²) < 4.78 is 0.466. The number of hydrogen-bond donors (Lipinski definition) is 1. The van der Waals surface area contributed by atoms with Crippen LogP contribution >= 0.6 is 34.5 Å². The highest BCUT2D eigenvalue weighted by atomic mass is 35.5. The molecule has 0 fully saturated rings. The predicted octanol–water partition coefficient (Wildman–Crippen LogP) is 3.66. The van der Waals surface area contributed by atoms with Crippen molar-refractivity contribution in [3.05, 3.63) is 44.4 Å². The van der Waals surface area contributed by atoms with Crippen molar-refractivity contribution in [2.75, 3.05) is 0 Å². The molecule has 1 N–H and O–H groups in total. The molecule has 0 aliphatic heterocycles. The average molecular weight is 312 g/mol. The summed E-state index contributed by atoms with van der Waals surface area (Å²) in [5.74, 6) is 0. The second-order valence-corrected chi connectivity index (χ2v) is 5.78. The maximum absolute atomic E-state index is 11.8. The fourth-order valence-electron chi connectivity index (χ4n) is 1.79. The second kappa shape index (κ2) is 4.59. The van der Waals surface area contributed by atoms with E-state index in [1.165, 1.54) is 11.3 Å². The number of fused-ring (bicyclic) bond motifs is 1. The van der Waals surface area contributed by atoms with Gasteiger partial charge >= 0.3 is 0 Å². The molecule has 0 saturated heterocycles. The van der Waals surface area contributed by atoms with Crippen molar-refractivity contribution in [2.45, 2.75) is 6.92 Å². The molecule has 3 aromatic rings. The minimum absolute atomic E-state index is 0.0437. The van der Waals surface area contributed by atoms with Crippen LogP contribution in [0.2, 0.25) is 10.3 Å². The lowest BCUT2D eigenvalue weighted by molar-refractivity contribution is 1.16. The molecule has 19 heavy (non-hydrogen) atoms. The van der Waals surface area contributed by atoms with Crippen molar-refractivity contribution in [3.8, 4) is 10.6 Å². The van der Waals surface area contributed by atoms with E-state index in [0.29, 0.717) is 15.4 Å².